The number of carbonyl (C=O) groups is 1. The van der Waals surface area contributed by atoms with Crippen LogP contribution in [0.5, 0.6) is 0 Å². The average molecular weight is 323 g/mol. The molecule has 0 aliphatic carbocycles. The maximum absolute atomic E-state index is 12.3. The second-order valence-electron chi connectivity index (χ2n) is 5.06. The molecular formula is C13H24Cl2N4O. The van der Waals surface area contributed by atoms with E-state index in [2.05, 4.69) is 5.10 Å². The van der Waals surface area contributed by atoms with Gasteiger partial charge in [-0.15, -0.1) is 24.8 Å². The van der Waals surface area contributed by atoms with Crippen LogP contribution in [0.3, 0.4) is 0 Å². The number of piperidine rings is 1. The van der Waals surface area contributed by atoms with Crippen LogP contribution in [0.2, 0.25) is 0 Å². The lowest BCUT2D eigenvalue weighted by Gasteiger charge is -2.35. The fourth-order valence-corrected chi connectivity index (χ4v) is 2.63. The zero-order chi connectivity index (χ0) is 13.1. The number of hydrogen-bond donors (Lipinski definition) is 1. The molecule has 2 N–H and O–H groups in total. The third-order valence-electron chi connectivity index (χ3n) is 3.61. The van der Waals surface area contributed by atoms with Crippen LogP contribution in [0.15, 0.2) is 6.07 Å². The topological polar surface area (TPSA) is 64.2 Å². The first-order valence-electron chi connectivity index (χ1n) is 6.62. The number of carbonyl (C=O) groups excluding carboxylic acids is 1. The minimum absolute atomic E-state index is 0. The summed E-state index contributed by atoms with van der Waals surface area (Å²) in [5.74, 6) is 0.136. The Hall–Kier alpha value is -0.780. The predicted octanol–water partition coefficient (Wildman–Crippen LogP) is 1.68. The Balaban J connectivity index is 0.00000180. The summed E-state index contributed by atoms with van der Waals surface area (Å²) < 4.78 is 1.78. The molecule has 0 saturated carbocycles. The molecule has 0 spiro atoms. The van der Waals surface area contributed by atoms with E-state index in [9.17, 15) is 4.79 Å². The number of nitrogens with zero attached hydrogens (tertiary/aromatic N) is 3. The molecule has 1 unspecified atom stereocenters. The van der Waals surface area contributed by atoms with Crippen LogP contribution in [0.4, 0.5) is 0 Å². The quantitative estimate of drug-likeness (QED) is 0.920. The van der Waals surface area contributed by atoms with Crippen LogP contribution in [0.1, 0.15) is 30.7 Å². The number of halogens is 2. The molecular weight excluding hydrogens is 299 g/mol. The molecule has 2 heterocycles. The van der Waals surface area contributed by atoms with Gasteiger partial charge in [-0.2, -0.15) is 5.10 Å². The van der Waals surface area contributed by atoms with Crippen LogP contribution >= 0.6 is 24.8 Å². The Labute approximate surface area is 132 Å². The van der Waals surface area contributed by atoms with E-state index >= 15 is 0 Å². The molecule has 1 saturated heterocycles. The molecule has 0 aromatic carbocycles. The van der Waals surface area contributed by atoms with Crippen LogP contribution in [0, 0.1) is 13.8 Å². The van der Waals surface area contributed by atoms with Gasteiger partial charge in [-0.1, -0.05) is 0 Å². The summed E-state index contributed by atoms with van der Waals surface area (Å²) in [5, 5.41) is 4.33. The highest BCUT2D eigenvalue weighted by molar-refractivity contribution is 5.85. The molecule has 1 amide bonds. The zero-order valence-corrected chi connectivity index (χ0v) is 13.7. The van der Waals surface area contributed by atoms with E-state index in [1.54, 1.807) is 4.68 Å². The highest BCUT2D eigenvalue weighted by atomic mass is 35.5. The normalized spacial score (nSPS) is 18.1. The minimum Gasteiger partial charge on any atom is -0.337 e. The minimum atomic E-state index is 0. The number of likely N-dealkylation sites (tertiary alicyclic amines) is 1. The van der Waals surface area contributed by atoms with Gasteiger partial charge in [0, 0.05) is 24.8 Å². The van der Waals surface area contributed by atoms with Crippen molar-refractivity contribution in [1.82, 2.24) is 14.7 Å². The van der Waals surface area contributed by atoms with Crippen molar-refractivity contribution in [2.75, 3.05) is 13.1 Å². The highest BCUT2D eigenvalue weighted by Crippen LogP contribution is 2.17. The lowest BCUT2D eigenvalue weighted by molar-refractivity contribution is -0.135. The van der Waals surface area contributed by atoms with Crippen molar-refractivity contribution in [3.63, 3.8) is 0 Å². The van der Waals surface area contributed by atoms with Gasteiger partial charge in [-0.3, -0.25) is 9.48 Å². The molecule has 2 rings (SSSR count). The maximum atomic E-state index is 12.3. The van der Waals surface area contributed by atoms with Crippen LogP contribution in [-0.2, 0) is 11.3 Å². The van der Waals surface area contributed by atoms with Crippen molar-refractivity contribution in [3.05, 3.63) is 17.5 Å². The lowest BCUT2D eigenvalue weighted by Crippen LogP contribution is -2.48. The number of aromatic nitrogens is 2. The Bertz CT molecular complexity index is 436. The lowest BCUT2D eigenvalue weighted by atomic mass is 10.0. The average Bonchev–Trinajstić information content (AvgIpc) is 2.67. The molecule has 1 atom stereocenters. The molecule has 0 bridgehead atoms. The Morgan fingerprint density at radius 3 is 2.65 bits per heavy atom. The Morgan fingerprint density at radius 2 is 2.10 bits per heavy atom. The van der Waals surface area contributed by atoms with Gasteiger partial charge in [-0.05, 0) is 39.2 Å². The fourth-order valence-electron chi connectivity index (χ4n) is 2.63. The summed E-state index contributed by atoms with van der Waals surface area (Å²) in [6.07, 6.45) is 3.28. The molecule has 0 radical (unpaired) electrons. The third kappa shape index (κ3) is 4.36. The van der Waals surface area contributed by atoms with E-state index in [1.807, 2.05) is 24.8 Å². The number of amides is 1. The SMILES string of the molecule is Cc1cc(C)n(CC(=O)N2CCCCC2CN)n1.Cl.Cl. The van der Waals surface area contributed by atoms with Crippen molar-refractivity contribution in [2.24, 2.45) is 5.73 Å². The van der Waals surface area contributed by atoms with Crippen molar-refractivity contribution in [1.29, 1.82) is 0 Å². The standard InChI is InChI=1S/C13H22N4O.2ClH/c1-10-7-11(2)17(15-10)9-13(18)16-6-4-3-5-12(16)8-14;;/h7,12H,3-6,8-9,14H2,1-2H3;2*1H. The first kappa shape index (κ1) is 19.2. The maximum Gasteiger partial charge on any atom is 0.244 e. The van der Waals surface area contributed by atoms with Gasteiger partial charge in [-0.25, -0.2) is 0 Å². The number of aryl methyl sites for hydroxylation is 2. The van der Waals surface area contributed by atoms with E-state index < -0.39 is 0 Å². The van der Waals surface area contributed by atoms with E-state index in [1.165, 1.54) is 6.42 Å². The van der Waals surface area contributed by atoms with Crippen LogP contribution < -0.4 is 5.73 Å². The van der Waals surface area contributed by atoms with Gasteiger partial charge in [0.25, 0.3) is 0 Å². The van der Waals surface area contributed by atoms with Crippen molar-refractivity contribution >= 4 is 30.7 Å². The third-order valence-corrected chi connectivity index (χ3v) is 3.61. The summed E-state index contributed by atoms with van der Waals surface area (Å²) in [5.41, 5.74) is 7.73. The molecule has 1 aliphatic rings. The van der Waals surface area contributed by atoms with Gasteiger partial charge in [0.05, 0.1) is 5.69 Å². The largest absolute Gasteiger partial charge is 0.337 e. The molecule has 1 fully saturated rings. The van der Waals surface area contributed by atoms with Gasteiger partial charge in [0.2, 0.25) is 5.91 Å². The van der Waals surface area contributed by atoms with Gasteiger partial charge in [0.1, 0.15) is 6.54 Å². The highest BCUT2D eigenvalue weighted by Gasteiger charge is 2.25. The zero-order valence-electron chi connectivity index (χ0n) is 12.0. The predicted molar refractivity (Wildman–Crippen MR) is 84.6 cm³/mol. The molecule has 5 nitrogen and oxygen atoms in total. The monoisotopic (exact) mass is 322 g/mol. The summed E-state index contributed by atoms with van der Waals surface area (Å²) in [6, 6.07) is 2.20. The van der Waals surface area contributed by atoms with E-state index in [0.717, 1.165) is 30.8 Å². The van der Waals surface area contributed by atoms with E-state index in [0.29, 0.717) is 13.1 Å². The summed E-state index contributed by atoms with van der Waals surface area (Å²) in [7, 11) is 0. The smallest absolute Gasteiger partial charge is 0.244 e. The van der Waals surface area contributed by atoms with Crippen molar-refractivity contribution < 1.29 is 4.79 Å². The van der Waals surface area contributed by atoms with Gasteiger partial charge < -0.3 is 10.6 Å². The summed E-state index contributed by atoms with van der Waals surface area (Å²) in [4.78, 5) is 14.2. The molecule has 1 aromatic heterocycles. The summed E-state index contributed by atoms with van der Waals surface area (Å²) in [6.45, 7) is 5.64. The Morgan fingerprint density at radius 1 is 1.40 bits per heavy atom. The van der Waals surface area contributed by atoms with E-state index in [4.69, 9.17) is 5.73 Å². The van der Waals surface area contributed by atoms with Crippen molar-refractivity contribution in [2.45, 2.75) is 45.7 Å². The molecule has 7 heteroatoms. The van der Waals surface area contributed by atoms with Crippen LogP contribution in [0.25, 0.3) is 0 Å². The van der Waals surface area contributed by atoms with E-state index in [-0.39, 0.29) is 36.8 Å². The number of rotatable bonds is 3. The van der Waals surface area contributed by atoms with Crippen molar-refractivity contribution in [3.8, 4) is 0 Å². The molecule has 1 aromatic rings. The second-order valence-corrected chi connectivity index (χ2v) is 5.06. The fraction of sp³-hybridized carbons (Fsp3) is 0.692. The van der Waals surface area contributed by atoms with Gasteiger partial charge >= 0.3 is 0 Å². The first-order valence-corrected chi connectivity index (χ1v) is 6.62. The van der Waals surface area contributed by atoms with Gasteiger partial charge in [0.15, 0.2) is 0 Å². The Kier molecular flexibility index (Phi) is 8.16. The first-order chi connectivity index (χ1) is 8.61. The van der Waals surface area contributed by atoms with Crippen LogP contribution in [-0.4, -0.2) is 39.7 Å². The molecule has 116 valence electrons. The second kappa shape index (κ2) is 8.49. The molecule has 1 aliphatic heterocycles. The summed E-state index contributed by atoms with van der Waals surface area (Å²) >= 11 is 0. The number of nitrogens with two attached hydrogens (primary N) is 1. The molecule has 20 heavy (non-hydrogen) atoms. The number of hydrogen-bond acceptors (Lipinski definition) is 3.